The van der Waals surface area contributed by atoms with Gasteiger partial charge in [0.05, 0.1) is 5.56 Å². The number of aliphatic carboxylic acids is 1. The minimum atomic E-state index is -1.00. The maximum atomic E-state index is 12.1. The lowest BCUT2D eigenvalue weighted by molar-refractivity contribution is -0.131. The molecule has 0 radical (unpaired) electrons. The molecule has 0 unspecified atom stereocenters. The van der Waals surface area contributed by atoms with Gasteiger partial charge < -0.3 is 15.3 Å². The highest BCUT2D eigenvalue weighted by atomic mass is 32.1. The Morgan fingerprint density at radius 2 is 2.10 bits per heavy atom. The van der Waals surface area contributed by atoms with Crippen LogP contribution in [0.5, 0.6) is 0 Å². The van der Waals surface area contributed by atoms with Crippen molar-refractivity contribution in [2.75, 3.05) is 27.2 Å². The summed E-state index contributed by atoms with van der Waals surface area (Å²) in [4.78, 5) is 25.4. The van der Waals surface area contributed by atoms with Crippen LogP contribution in [0.4, 0.5) is 0 Å². The number of carboxylic acids is 1. The van der Waals surface area contributed by atoms with Crippen LogP contribution in [0, 0.1) is 5.41 Å². The third-order valence-electron chi connectivity index (χ3n) is 2.74. The molecule has 2 N–H and O–H groups in total. The molecule has 21 heavy (non-hydrogen) atoms. The molecule has 0 saturated heterocycles. The molecule has 0 aliphatic rings. The Morgan fingerprint density at radius 1 is 1.43 bits per heavy atom. The van der Waals surface area contributed by atoms with Crippen molar-refractivity contribution in [3.8, 4) is 0 Å². The molecule has 0 aliphatic carbocycles. The van der Waals surface area contributed by atoms with E-state index in [2.05, 4.69) is 24.1 Å². The van der Waals surface area contributed by atoms with E-state index in [0.29, 0.717) is 12.1 Å². The van der Waals surface area contributed by atoms with Gasteiger partial charge in [0.15, 0.2) is 0 Å². The van der Waals surface area contributed by atoms with E-state index in [1.54, 1.807) is 11.4 Å². The van der Waals surface area contributed by atoms with Crippen LogP contribution in [0.3, 0.4) is 0 Å². The predicted octanol–water partition coefficient (Wildman–Crippen LogP) is 2.16. The summed E-state index contributed by atoms with van der Waals surface area (Å²) in [5.41, 5.74) is 0.548. The third-order valence-corrected chi connectivity index (χ3v) is 3.64. The Morgan fingerprint density at radius 3 is 2.67 bits per heavy atom. The van der Waals surface area contributed by atoms with Crippen LogP contribution in [0.25, 0.3) is 6.08 Å². The average Bonchev–Trinajstić information content (AvgIpc) is 2.81. The molecule has 0 fully saturated rings. The highest BCUT2D eigenvalue weighted by Gasteiger charge is 2.20. The fourth-order valence-electron chi connectivity index (χ4n) is 2.05. The van der Waals surface area contributed by atoms with Gasteiger partial charge in [-0.25, -0.2) is 4.79 Å². The summed E-state index contributed by atoms with van der Waals surface area (Å²) in [6.07, 6.45) is 2.55. The van der Waals surface area contributed by atoms with Gasteiger partial charge >= 0.3 is 5.97 Å². The minimum absolute atomic E-state index is 0.0127. The van der Waals surface area contributed by atoms with E-state index in [0.717, 1.165) is 17.5 Å². The second-order valence-electron chi connectivity index (χ2n) is 5.99. The molecule has 0 atom stereocenters. The SMILES string of the molecule is CN(C)CC(C)(C)CNC(=O)c1csc(C=CC(=O)O)c1. The van der Waals surface area contributed by atoms with Crippen LogP contribution in [-0.2, 0) is 4.79 Å². The molecule has 1 aromatic rings. The van der Waals surface area contributed by atoms with Crippen molar-refractivity contribution in [2.45, 2.75) is 13.8 Å². The molecule has 0 aliphatic heterocycles. The summed E-state index contributed by atoms with van der Waals surface area (Å²) in [6, 6.07) is 1.69. The number of hydrogen-bond donors (Lipinski definition) is 2. The molecule has 116 valence electrons. The summed E-state index contributed by atoms with van der Waals surface area (Å²) < 4.78 is 0. The van der Waals surface area contributed by atoms with Crippen molar-refractivity contribution in [1.82, 2.24) is 10.2 Å². The van der Waals surface area contributed by atoms with Gasteiger partial charge in [-0.15, -0.1) is 11.3 Å². The molecule has 1 heterocycles. The van der Waals surface area contributed by atoms with E-state index in [1.165, 1.54) is 17.4 Å². The number of hydrogen-bond acceptors (Lipinski definition) is 4. The molecule has 6 heteroatoms. The molecule has 0 saturated carbocycles. The smallest absolute Gasteiger partial charge is 0.328 e. The van der Waals surface area contributed by atoms with Gasteiger partial charge in [-0.1, -0.05) is 13.8 Å². The number of nitrogens with one attached hydrogen (secondary N) is 1. The first-order valence-electron chi connectivity index (χ1n) is 6.62. The first kappa shape index (κ1) is 17.4. The predicted molar refractivity (Wildman–Crippen MR) is 85.7 cm³/mol. The standard InChI is InChI=1S/C15H22N2O3S/c1-15(2,10-17(3)4)9-16-14(20)11-7-12(21-8-11)5-6-13(18)19/h5-8H,9-10H2,1-4H3,(H,16,20)(H,18,19). The van der Waals surface area contributed by atoms with Crippen molar-refractivity contribution in [3.63, 3.8) is 0 Å². The van der Waals surface area contributed by atoms with Crippen LogP contribution >= 0.6 is 11.3 Å². The van der Waals surface area contributed by atoms with E-state index < -0.39 is 5.97 Å². The number of carboxylic acid groups (broad SMARTS) is 1. The summed E-state index contributed by atoms with van der Waals surface area (Å²) in [5.74, 6) is -1.13. The lowest BCUT2D eigenvalue weighted by atomic mass is 9.93. The van der Waals surface area contributed by atoms with E-state index in [1.807, 2.05) is 14.1 Å². The lowest BCUT2D eigenvalue weighted by Gasteiger charge is -2.28. The number of amides is 1. The van der Waals surface area contributed by atoms with Gasteiger partial charge in [0.1, 0.15) is 0 Å². The Kier molecular flexibility index (Phi) is 6.11. The summed E-state index contributed by atoms with van der Waals surface area (Å²) in [5, 5.41) is 13.2. The highest BCUT2D eigenvalue weighted by Crippen LogP contribution is 2.18. The summed E-state index contributed by atoms with van der Waals surface area (Å²) >= 11 is 1.34. The van der Waals surface area contributed by atoms with Crippen LogP contribution in [-0.4, -0.2) is 49.1 Å². The maximum absolute atomic E-state index is 12.1. The molecule has 0 spiro atoms. The average molecular weight is 310 g/mol. The first-order chi connectivity index (χ1) is 9.69. The highest BCUT2D eigenvalue weighted by molar-refractivity contribution is 7.11. The zero-order valence-electron chi connectivity index (χ0n) is 12.8. The van der Waals surface area contributed by atoms with Gasteiger partial charge in [0.25, 0.3) is 5.91 Å². The number of thiophene rings is 1. The van der Waals surface area contributed by atoms with E-state index in [-0.39, 0.29) is 11.3 Å². The van der Waals surface area contributed by atoms with Crippen molar-refractivity contribution in [2.24, 2.45) is 5.41 Å². The molecule has 0 aromatic carbocycles. The zero-order valence-corrected chi connectivity index (χ0v) is 13.7. The van der Waals surface area contributed by atoms with Crippen molar-refractivity contribution < 1.29 is 14.7 Å². The van der Waals surface area contributed by atoms with Crippen molar-refractivity contribution >= 4 is 29.3 Å². The van der Waals surface area contributed by atoms with Crippen LogP contribution < -0.4 is 5.32 Å². The first-order valence-corrected chi connectivity index (χ1v) is 7.50. The number of carbonyl (C=O) groups is 2. The second-order valence-corrected chi connectivity index (χ2v) is 6.94. The minimum Gasteiger partial charge on any atom is -0.478 e. The van der Waals surface area contributed by atoms with Crippen LogP contribution in [0.1, 0.15) is 29.1 Å². The normalized spacial score (nSPS) is 12.0. The molecular weight excluding hydrogens is 288 g/mol. The van der Waals surface area contributed by atoms with Crippen LogP contribution in [0.2, 0.25) is 0 Å². The Labute approximate surface area is 129 Å². The van der Waals surface area contributed by atoms with Crippen LogP contribution in [0.15, 0.2) is 17.5 Å². The molecule has 5 nitrogen and oxygen atoms in total. The zero-order chi connectivity index (χ0) is 16.0. The monoisotopic (exact) mass is 310 g/mol. The summed E-state index contributed by atoms with van der Waals surface area (Å²) in [7, 11) is 4.01. The number of carbonyl (C=O) groups excluding carboxylic acids is 1. The summed E-state index contributed by atoms with van der Waals surface area (Å²) in [6.45, 7) is 5.66. The van der Waals surface area contributed by atoms with Gasteiger partial charge in [-0.3, -0.25) is 4.79 Å². The molecule has 1 amide bonds. The van der Waals surface area contributed by atoms with E-state index >= 15 is 0 Å². The molecule has 1 aromatic heterocycles. The fraction of sp³-hybridized carbons (Fsp3) is 0.467. The third kappa shape index (κ3) is 6.55. The van der Waals surface area contributed by atoms with E-state index in [4.69, 9.17) is 5.11 Å². The molecular formula is C15H22N2O3S. The van der Waals surface area contributed by atoms with Gasteiger partial charge in [0.2, 0.25) is 0 Å². The fourth-order valence-corrected chi connectivity index (χ4v) is 2.83. The van der Waals surface area contributed by atoms with Crippen molar-refractivity contribution in [1.29, 1.82) is 0 Å². The van der Waals surface area contributed by atoms with Crippen molar-refractivity contribution in [3.05, 3.63) is 28.0 Å². The van der Waals surface area contributed by atoms with Gasteiger partial charge in [-0.2, -0.15) is 0 Å². The maximum Gasteiger partial charge on any atom is 0.328 e. The number of nitrogens with zero attached hydrogens (tertiary/aromatic N) is 1. The Balaban J connectivity index is 2.58. The van der Waals surface area contributed by atoms with Gasteiger partial charge in [0, 0.05) is 29.4 Å². The second kappa shape index (κ2) is 7.38. The van der Waals surface area contributed by atoms with Gasteiger partial charge in [-0.05, 0) is 31.7 Å². The number of rotatable bonds is 7. The topological polar surface area (TPSA) is 69.6 Å². The van der Waals surface area contributed by atoms with E-state index in [9.17, 15) is 9.59 Å². The quantitative estimate of drug-likeness (QED) is 0.757. The molecule has 0 bridgehead atoms. The Bertz CT molecular complexity index is 533. The Hall–Kier alpha value is -1.66. The lowest BCUT2D eigenvalue weighted by Crippen LogP contribution is -2.39. The largest absolute Gasteiger partial charge is 0.478 e. The molecule has 1 rings (SSSR count).